The summed E-state index contributed by atoms with van der Waals surface area (Å²) in [5.74, 6) is 0.500. The van der Waals surface area contributed by atoms with Crippen LogP contribution >= 0.6 is 0 Å². The number of para-hydroxylation sites is 1. The van der Waals surface area contributed by atoms with Crippen LogP contribution in [0.15, 0.2) is 18.2 Å². The van der Waals surface area contributed by atoms with E-state index in [0.29, 0.717) is 24.8 Å². The topological polar surface area (TPSA) is 21.3 Å². The van der Waals surface area contributed by atoms with E-state index in [9.17, 15) is 4.39 Å². The zero-order valence-corrected chi connectivity index (χ0v) is 10.2. The first kappa shape index (κ1) is 13.0. The molecule has 90 valence electrons. The Kier molecular flexibility index (Phi) is 5.26. The lowest BCUT2D eigenvalue weighted by atomic mass is 10.2. The monoisotopic (exact) mass is 225 g/mol. The van der Waals surface area contributed by atoms with Gasteiger partial charge in [-0.3, -0.25) is 0 Å². The van der Waals surface area contributed by atoms with Crippen molar-refractivity contribution < 1.29 is 9.13 Å². The summed E-state index contributed by atoms with van der Waals surface area (Å²) in [4.78, 5) is 0. The number of halogens is 1. The van der Waals surface area contributed by atoms with Crippen LogP contribution in [0, 0.1) is 11.7 Å². The maximum atomic E-state index is 13.6. The molecule has 0 atom stereocenters. The zero-order valence-electron chi connectivity index (χ0n) is 10.2. The molecule has 0 aliphatic heterocycles. The Morgan fingerprint density at radius 1 is 1.38 bits per heavy atom. The van der Waals surface area contributed by atoms with Crippen LogP contribution in [0.3, 0.4) is 0 Å². The van der Waals surface area contributed by atoms with Gasteiger partial charge in [-0.15, -0.1) is 0 Å². The van der Waals surface area contributed by atoms with Crippen LogP contribution in [0.4, 0.5) is 4.39 Å². The van der Waals surface area contributed by atoms with Gasteiger partial charge in [-0.05, 0) is 18.5 Å². The standard InChI is InChI=1S/C13H20FNO/c1-4-15-8-11-6-5-7-12(14)13(11)16-9-10(2)3/h5-7,10,15H,4,8-9H2,1-3H3. The van der Waals surface area contributed by atoms with Crippen molar-refractivity contribution in [1.29, 1.82) is 0 Å². The van der Waals surface area contributed by atoms with Crippen LogP contribution in [0.2, 0.25) is 0 Å². The van der Waals surface area contributed by atoms with Crippen molar-refractivity contribution in [1.82, 2.24) is 5.32 Å². The number of rotatable bonds is 6. The van der Waals surface area contributed by atoms with Crippen LogP contribution in [0.1, 0.15) is 26.3 Å². The highest BCUT2D eigenvalue weighted by Gasteiger charge is 2.09. The summed E-state index contributed by atoms with van der Waals surface area (Å²) in [5, 5.41) is 3.17. The lowest BCUT2D eigenvalue weighted by Crippen LogP contribution is -2.14. The van der Waals surface area contributed by atoms with Gasteiger partial charge in [0.1, 0.15) is 0 Å². The van der Waals surface area contributed by atoms with Crippen LogP contribution < -0.4 is 10.1 Å². The second-order valence-corrected chi connectivity index (χ2v) is 4.21. The Morgan fingerprint density at radius 3 is 2.75 bits per heavy atom. The third-order valence-corrected chi connectivity index (χ3v) is 2.17. The first-order valence-corrected chi connectivity index (χ1v) is 5.76. The first-order chi connectivity index (χ1) is 7.65. The van der Waals surface area contributed by atoms with Gasteiger partial charge in [-0.2, -0.15) is 0 Å². The SMILES string of the molecule is CCNCc1cccc(F)c1OCC(C)C. The number of benzene rings is 1. The highest BCUT2D eigenvalue weighted by Crippen LogP contribution is 2.23. The molecule has 0 unspecified atom stereocenters. The van der Waals surface area contributed by atoms with Crippen molar-refractivity contribution in [2.45, 2.75) is 27.3 Å². The van der Waals surface area contributed by atoms with E-state index < -0.39 is 0 Å². The molecular weight excluding hydrogens is 205 g/mol. The van der Waals surface area contributed by atoms with E-state index in [-0.39, 0.29) is 5.82 Å². The molecule has 0 spiro atoms. The molecule has 1 aromatic carbocycles. The Morgan fingerprint density at radius 2 is 2.12 bits per heavy atom. The second kappa shape index (κ2) is 6.48. The van der Waals surface area contributed by atoms with Crippen molar-refractivity contribution in [3.05, 3.63) is 29.6 Å². The quantitative estimate of drug-likeness (QED) is 0.803. The molecule has 16 heavy (non-hydrogen) atoms. The summed E-state index contributed by atoms with van der Waals surface area (Å²) in [6.07, 6.45) is 0. The van der Waals surface area contributed by atoms with E-state index >= 15 is 0 Å². The summed E-state index contributed by atoms with van der Waals surface area (Å²) in [7, 11) is 0. The maximum Gasteiger partial charge on any atom is 0.165 e. The van der Waals surface area contributed by atoms with E-state index in [2.05, 4.69) is 5.32 Å². The average Bonchev–Trinajstić information content (AvgIpc) is 2.24. The Hall–Kier alpha value is -1.09. The van der Waals surface area contributed by atoms with E-state index in [1.54, 1.807) is 6.07 Å². The molecule has 0 radical (unpaired) electrons. The third kappa shape index (κ3) is 3.81. The van der Waals surface area contributed by atoms with Gasteiger partial charge in [0, 0.05) is 12.1 Å². The van der Waals surface area contributed by atoms with E-state index in [0.717, 1.165) is 12.1 Å². The predicted octanol–water partition coefficient (Wildman–Crippen LogP) is 2.97. The van der Waals surface area contributed by atoms with Gasteiger partial charge in [0.15, 0.2) is 11.6 Å². The van der Waals surface area contributed by atoms with Crippen LogP contribution in [-0.4, -0.2) is 13.2 Å². The molecule has 1 N–H and O–H groups in total. The summed E-state index contributed by atoms with van der Waals surface area (Å²) in [6, 6.07) is 5.04. The molecule has 3 heteroatoms. The van der Waals surface area contributed by atoms with Gasteiger partial charge < -0.3 is 10.1 Å². The molecule has 0 aromatic heterocycles. The Bertz CT molecular complexity index is 326. The Balaban J connectivity index is 2.77. The van der Waals surface area contributed by atoms with E-state index in [1.807, 2.05) is 26.8 Å². The van der Waals surface area contributed by atoms with Crippen molar-refractivity contribution in [2.24, 2.45) is 5.92 Å². The summed E-state index contributed by atoms with van der Waals surface area (Å²) < 4.78 is 19.1. The van der Waals surface area contributed by atoms with Gasteiger partial charge in [0.25, 0.3) is 0 Å². The number of hydrogen-bond acceptors (Lipinski definition) is 2. The fourth-order valence-electron chi connectivity index (χ4n) is 1.36. The molecule has 0 saturated heterocycles. The summed E-state index contributed by atoms with van der Waals surface area (Å²) >= 11 is 0. The highest BCUT2D eigenvalue weighted by atomic mass is 19.1. The number of hydrogen-bond donors (Lipinski definition) is 1. The fraction of sp³-hybridized carbons (Fsp3) is 0.538. The van der Waals surface area contributed by atoms with E-state index in [1.165, 1.54) is 6.07 Å². The molecule has 0 bridgehead atoms. The highest BCUT2D eigenvalue weighted by molar-refractivity contribution is 5.34. The zero-order chi connectivity index (χ0) is 12.0. The fourth-order valence-corrected chi connectivity index (χ4v) is 1.36. The Labute approximate surface area is 96.8 Å². The molecule has 0 aliphatic carbocycles. The van der Waals surface area contributed by atoms with Gasteiger partial charge >= 0.3 is 0 Å². The molecule has 0 aliphatic rings. The average molecular weight is 225 g/mol. The van der Waals surface area contributed by atoms with Crippen LogP contribution in [0.5, 0.6) is 5.75 Å². The molecule has 1 aromatic rings. The molecule has 0 amide bonds. The third-order valence-electron chi connectivity index (χ3n) is 2.17. The minimum absolute atomic E-state index is 0.281. The lowest BCUT2D eigenvalue weighted by Gasteiger charge is -2.14. The van der Waals surface area contributed by atoms with Gasteiger partial charge in [0.05, 0.1) is 6.61 Å². The largest absolute Gasteiger partial charge is 0.490 e. The van der Waals surface area contributed by atoms with Gasteiger partial charge in [-0.25, -0.2) is 4.39 Å². The normalized spacial score (nSPS) is 10.8. The predicted molar refractivity (Wildman–Crippen MR) is 64.1 cm³/mol. The minimum atomic E-state index is -0.281. The van der Waals surface area contributed by atoms with Crippen molar-refractivity contribution >= 4 is 0 Å². The maximum absolute atomic E-state index is 13.6. The van der Waals surface area contributed by atoms with Gasteiger partial charge in [-0.1, -0.05) is 32.9 Å². The van der Waals surface area contributed by atoms with Crippen molar-refractivity contribution in [2.75, 3.05) is 13.2 Å². The lowest BCUT2D eigenvalue weighted by molar-refractivity contribution is 0.256. The molecule has 1 rings (SSSR count). The molecule has 2 nitrogen and oxygen atoms in total. The first-order valence-electron chi connectivity index (χ1n) is 5.76. The number of ether oxygens (including phenoxy) is 1. The van der Waals surface area contributed by atoms with Crippen molar-refractivity contribution in [3.63, 3.8) is 0 Å². The molecule has 0 heterocycles. The van der Waals surface area contributed by atoms with Gasteiger partial charge in [0.2, 0.25) is 0 Å². The molecule has 0 fully saturated rings. The smallest absolute Gasteiger partial charge is 0.165 e. The van der Waals surface area contributed by atoms with Crippen LogP contribution in [0.25, 0.3) is 0 Å². The minimum Gasteiger partial charge on any atom is -0.490 e. The second-order valence-electron chi connectivity index (χ2n) is 4.21. The van der Waals surface area contributed by atoms with Crippen LogP contribution in [-0.2, 0) is 6.54 Å². The van der Waals surface area contributed by atoms with E-state index in [4.69, 9.17) is 4.74 Å². The molecular formula is C13H20FNO. The summed E-state index contributed by atoms with van der Waals surface area (Å²) in [5.41, 5.74) is 0.877. The molecule has 0 saturated carbocycles. The summed E-state index contributed by atoms with van der Waals surface area (Å²) in [6.45, 7) is 8.16. The van der Waals surface area contributed by atoms with Crippen molar-refractivity contribution in [3.8, 4) is 5.75 Å². The number of nitrogens with one attached hydrogen (secondary N) is 1.